The van der Waals surface area contributed by atoms with E-state index in [0.717, 1.165) is 11.6 Å². The van der Waals surface area contributed by atoms with Crippen molar-refractivity contribution in [3.63, 3.8) is 0 Å². The fourth-order valence-corrected chi connectivity index (χ4v) is 3.48. The first-order valence-corrected chi connectivity index (χ1v) is 10.2. The van der Waals surface area contributed by atoms with Gasteiger partial charge in [0.05, 0.1) is 9.82 Å². The van der Waals surface area contributed by atoms with Crippen LogP contribution in [0, 0.1) is 15.9 Å². The number of guanidine groups is 1. The van der Waals surface area contributed by atoms with E-state index in [1.165, 1.54) is 30.3 Å². The standard InChI is InChI=1S/C18H22FN5O4S/c1-20-18(21-10-9-14-5-7-15(19)8-6-14)22-11-12-23-29(27,28)17-4-2-3-16(13-17)24(25)26/h2-8,13,23H,9-12H2,1H3,(H2,20,21,22). The van der Waals surface area contributed by atoms with Gasteiger partial charge in [0.25, 0.3) is 5.69 Å². The molecule has 0 saturated heterocycles. The lowest BCUT2D eigenvalue weighted by atomic mass is 10.1. The third-order valence-electron chi connectivity index (χ3n) is 3.89. The molecular formula is C18H22FN5O4S. The van der Waals surface area contributed by atoms with Crippen LogP contribution in [0.1, 0.15) is 5.56 Å². The first-order chi connectivity index (χ1) is 13.8. The van der Waals surface area contributed by atoms with E-state index in [-0.39, 0.29) is 29.5 Å². The van der Waals surface area contributed by atoms with E-state index in [4.69, 9.17) is 0 Å². The summed E-state index contributed by atoms with van der Waals surface area (Å²) >= 11 is 0. The summed E-state index contributed by atoms with van der Waals surface area (Å²) in [6, 6.07) is 11.0. The third-order valence-corrected chi connectivity index (χ3v) is 5.35. The molecule has 0 aliphatic rings. The summed E-state index contributed by atoms with van der Waals surface area (Å²) in [4.78, 5) is 14.0. The molecule has 0 fully saturated rings. The predicted molar refractivity (Wildman–Crippen MR) is 108 cm³/mol. The van der Waals surface area contributed by atoms with E-state index in [0.29, 0.717) is 18.9 Å². The van der Waals surface area contributed by atoms with Gasteiger partial charge in [-0.15, -0.1) is 0 Å². The molecule has 0 amide bonds. The first-order valence-electron chi connectivity index (χ1n) is 8.75. The van der Waals surface area contributed by atoms with E-state index in [1.807, 2.05) is 0 Å². The van der Waals surface area contributed by atoms with Crippen LogP contribution < -0.4 is 15.4 Å². The molecule has 0 unspecified atom stereocenters. The second-order valence-electron chi connectivity index (χ2n) is 5.95. The Morgan fingerprint density at radius 3 is 2.45 bits per heavy atom. The average molecular weight is 423 g/mol. The highest BCUT2D eigenvalue weighted by Crippen LogP contribution is 2.16. The summed E-state index contributed by atoms with van der Waals surface area (Å²) in [6.45, 7) is 0.874. The molecule has 0 heterocycles. The monoisotopic (exact) mass is 423 g/mol. The molecule has 2 rings (SSSR count). The topological polar surface area (TPSA) is 126 Å². The molecule has 0 aromatic heterocycles. The van der Waals surface area contributed by atoms with Crippen molar-refractivity contribution in [2.45, 2.75) is 11.3 Å². The maximum Gasteiger partial charge on any atom is 0.270 e. The van der Waals surface area contributed by atoms with Gasteiger partial charge in [0.2, 0.25) is 10.0 Å². The molecule has 29 heavy (non-hydrogen) atoms. The smallest absolute Gasteiger partial charge is 0.270 e. The van der Waals surface area contributed by atoms with Gasteiger partial charge in [0.1, 0.15) is 5.82 Å². The summed E-state index contributed by atoms with van der Waals surface area (Å²) in [5, 5.41) is 16.8. The SMILES string of the molecule is CN=C(NCCNS(=O)(=O)c1cccc([N+](=O)[O-])c1)NCCc1ccc(F)cc1. The number of halogens is 1. The number of nitrogens with one attached hydrogen (secondary N) is 3. The van der Waals surface area contributed by atoms with Gasteiger partial charge < -0.3 is 10.6 Å². The van der Waals surface area contributed by atoms with Crippen LogP contribution >= 0.6 is 0 Å². The minimum absolute atomic E-state index is 0.0592. The summed E-state index contributed by atoms with van der Waals surface area (Å²) in [5.74, 6) is 0.202. The van der Waals surface area contributed by atoms with Crippen molar-refractivity contribution in [1.82, 2.24) is 15.4 Å². The van der Waals surface area contributed by atoms with Crippen molar-refractivity contribution in [1.29, 1.82) is 0 Å². The number of sulfonamides is 1. The number of nitro groups is 1. The fraction of sp³-hybridized carbons (Fsp3) is 0.278. The Morgan fingerprint density at radius 2 is 1.79 bits per heavy atom. The molecule has 156 valence electrons. The van der Waals surface area contributed by atoms with Gasteiger partial charge in [-0.2, -0.15) is 0 Å². The molecule has 2 aromatic rings. The Hall–Kier alpha value is -3.05. The largest absolute Gasteiger partial charge is 0.356 e. The molecule has 0 spiro atoms. The summed E-state index contributed by atoms with van der Waals surface area (Å²) in [7, 11) is -2.28. The maximum atomic E-state index is 12.9. The normalized spacial score (nSPS) is 11.9. The molecule has 0 aliphatic carbocycles. The van der Waals surface area contributed by atoms with Gasteiger partial charge in [-0.1, -0.05) is 18.2 Å². The molecule has 0 aliphatic heterocycles. The fourth-order valence-electron chi connectivity index (χ4n) is 2.41. The second-order valence-corrected chi connectivity index (χ2v) is 7.72. The lowest BCUT2D eigenvalue weighted by Gasteiger charge is -2.12. The van der Waals surface area contributed by atoms with Crippen molar-refractivity contribution in [3.8, 4) is 0 Å². The van der Waals surface area contributed by atoms with Gasteiger partial charge in [0, 0.05) is 38.8 Å². The maximum absolute atomic E-state index is 12.9. The molecule has 9 nitrogen and oxygen atoms in total. The van der Waals surface area contributed by atoms with Crippen LogP contribution in [0.5, 0.6) is 0 Å². The zero-order chi connectivity index (χ0) is 21.3. The predicted octanol–water partition coefficient (Wildman–Crippen LogP) is 1.42. The number of hydrogen-bond acceptors (Lipinski definition) is 5. The number of aliphatic imine (C=N–C) groups is 1. The highest BCUT2D eigenvalue weighted by Gasteiger charge is 2.17. The minimum atomic E-state index is -3.86. The number of hydrogen-bond donors (Lipinski definition) is 3. The van der Waals surface area contributed by atoms with Crippen molar-refractivity contribution >= 4 is 21.7 Å². The van der Waals surface area contributed by atoms with Crippen LogP contribution in [0.25, 0.3) is 0 Å². The lowest BCUT2D eigenvalue weighted by Crippen LogP contribution is -2.42. The highest BCUT2D eigenvalue weighted by molar-refractivity contribution is 7.89. The Bertz CT molecular complexity index is 964. The number of nitro benzene ring substituents is 1. The molecule has 0 atom stereocenters. The Morgan fingerprint density at radius 1 is 1.10 bits per heavy atom. The van der Waals surface area contributed by atoms with Crippen molar-refractivity contribution in [2.24, 2.45) is 4.99 Å². The number of rotatable bonds is 9. The molecule has 0 radical (unpaired) electrons. The molecule has 0 saturated carbocycles. The first kappa shape index (κ1) is 22.2. The van der Waals surface area contributed by atoms with Gasteiger partial charge in [0.15, 0.2) is 5.96 Å². The number of nitrogens with zero attached hydrogens (tertiary/aromatic N) is 2. The van der Waals surface area contributed by atoms with Crippen molar-refractivity contribution < 1.29 is 17.7 Å². The van der Waals surface area contributed by atoms with Crippen LogP contribution in [-0.4, -0.2) is 46.0 Å². The van der Waals surface area contributed by atoms with Crippen LogP contribution in [0.3, 0.4) is 0 Å². The Balaban J connectivity index is 1.76. The molecular weight excluding hydrogens is 401 g/mol. The zero-order valence-corrected chi connectivity index (χ0v) is 16.6. The van der Waals surface area contributed by atoms with E-state index in [1.54, 1.807) is 19.2 Å². The average Bonchev–Trinajstić information content (AvgIpc) is 2.71. The van der Waals surface area contributed by atoms with E-state index in [2.05, 4.69) is 20.3 Å². The van der Waals surface area contributed by atoms with Gasteiger partial charge in [-0.25, -0.2) is 17.5 Å². The quantitative estimate of drug-likeness (QED) is 0.184. The third kappa shape index (κ3) is 7.12. The van der Waals surface area contributed by atoms with E-state index in [9.17, 15) is 22.9 Å². The molecule has 0 bridgehead atoms. The van der Waals surface area contributed by atoms with Gasteiger partial charge in [-0.05, 0) is 30.2 Å². The van der Waals surface area contributed by atoms with E-state index < -0.39 is 14.9 Å². The van der Waals surface area contributed by atoms with Gasteiger partial charge >= 0.3 is 0 Å². The minimum Gasteiger partial charge on any atom is -0.356 e. The van der Waals surface area contributed by atoms with Crippen LogP contribution in [0.15, 0.2) is 58.4 Å². The molecule has 2 aromatic carbocycles. The van der Waals surface area contributed by atoms with Crippen LogP contribution in [0.4, 0.5) is 10.1 Å². The zero-order valence-electron chi connectivity index (χ0n) is 15.8. The summed E-state index contributed by atoms with van der Waals surface area (Å²) in [5.41, 5.74) is 0.677. The summed E-state index contributed by atoms with van der Waals surface area (Å²) < 4.78 is 39.7. The molecule has 3 N–H and O–H groups in total. The summed E-state index contributed by atoms with van der Waals surface area (Å²) in [6.07, 6.45) is 0.667. The highest BCUT2D eigenvalue weighted by atomic mass is 32.2. The van der Waals surface area contributed by atoms with Gasteiger partial charge in [-0.3, -0.25) is 15.1 Å². The van der Waals surface area contributed by atoms with Crippen molar-refractivity contribution in [3.05, 3.63) is 70.0 Å². The Labute approximate surface area is 168 Å². The second kappa shape index (κ2) is 10.5. The van der Waals surface area contributed by atoms with Crippen molar-refractivity contribution in [2.75, 3.05) is 26.7 Å². The molecule has 11 heteroatoms. The van der Waals surface area contributed by atoms with Crippen LogP contribution in [-0.2, 0) is 16.4 Å². The Kier molecular flexibility index (Phi) is 8.04. The van der Waals surface area contributed by atoms with Crippen LogP contribution in [0.2, 0.25) is 0 Å². The number of benzene rings is 2. The lowest BCUT2D eigenvalue weighted by molar-refractivity contribution is -0.385. The van der Waals surface area contributed by atoms with E-state index >= 15 is 0 Å². The number of non-ortho nitro benzene ring substituents is 1.